The second-order valence-corrected chi connectivity index (χ2v) is 9.07. The molecular weight excluding hydrogens is 438 g/mol. The number of fused-ring (bicyclic) bond motifs is 1. The molecule has 180 valence electrons. The van der Waals surface area contributed by atoms with E-state index in [-0.39, 0.29) is 5.91 Å². The number of amides is 1. The first-order chi connectivity index (χ1) is 17.0. The van der Waals surface area contributed by atoms with Crippen molar-refractivity contribution in [3.8, 4) is 11.3 Å². The van der Waals surface area contributed by atoms with Crippen molar-refractivity contribution < 1.29 is 4.79 Å². The van der Waals surface area contributed by atoms with Crippen LogP contribution in [-0.4, -0.2) is 56.9 Å². The Morgan fingerprint density at radius 3 is 2.69 bits per heavy atom. The summed E-state index contributed by atoms with van der Waals surface area (Å²) < 4.78 is 0. The van der Waals surface area contributed by atoms with Crippen molar-refractivity contribution in [3.05, 3.63) is 60.6 Å². The molecule has 1 atom stereocenters. The highest BCUT2D eigenvalue weighted by atomic mass is 16.2. The number of carbonyl (C=O) groups excluding carboxylic acids is 1. The highest BCUT2D eigenvalue weighted by molar-refractivity contribution is 5.93. The molecule has 1 aliphatic rings. The maximum Gasteiger partial charge on any atom is 0.227 e. The van der Waals surface area contributed by atoms with E-state index in [1.165, 1.54) is 5.56 Å². The summed E-state index contributed by atoms with van der Waals surface area (Å²) in [6.07, 6.45) is 6.70. The molecule has 0 radical (unpaired) electrons. The zero-order chi connectivity index (χ0) is 24.4. The van der Waals surface area contributed by atoms with E-state index in [1.54, 1.807) is 13.1 Å². The molecule has 2 N–H and O–H groups in total. The van der Waals surface area contributed by atoms with E-state index in [4.69, 9.17) is 4.98 Å². The summed E-state index contributed by atoms with van der Waals surface area (Å²) in [4.78, 5) is 33.1. The van der Waals surface area contributed by atoms with Crippen LogP contribution in [0.4, 0.5) is 17.3 Å². The van der Waals surface area contributed by atoms with Crippen molar-refractivity contribution in [2.45, 2.75) is 33.1 Å². The highest BCUT2D eigenvalue weighted by Crippen LogP contribution is 2.32. The van der Waals surface area contributed by atoms with Gasteiger partial charge in [0, 0.05) is 68.6 Å². The number of benzene rings is 1. The van der Waals surface area contributed by atoms with Crippen LogP contribution in [0.3, 0.4) is 0 Å². The lowest BCUT2D eigenvalue weighted by atomic mass is 9.98. The standard InChI is InChI=1S/C27H31N7O/c1-4-18(2)22-8-10-28-26-23(17-30-25(22)26)24-9-11-29-27(32-24)31-20-6-5-7-21(16-20)34-14-12-33(13-15-34)19(3)35/h5-11,16-18,30H,4,12-15H2,1-3H3,(H,29,31,32). The fraction of sp³-hybridized carbons (Fsp3) is 0.333. The summed E-state index contributed by atoms with van der Waals surface area (Å²) in [7, 11) is 0. The zero-order valence-corrected chi connectivity index (χ0v) is 20.5. The van der Waals surface area contributed by atoms with Gasteiger partial charge in [0.25, 0.3) is 0 Å². The Kier molecular flexibility index (Phi) is 6.35. The predicted octanol–water partition coefficient (Wildman–Crippen LogP) is 4.95. The van der Waals surface area contributed by atoms with Crippen LogP contribution >= 0.6 is 0 Å². The topological polar surface area (TPSA) is 90.0 Å². The quantitative estimate of drug-likeness (QED) is 0.415. The van der Waals surface area contributed by atoms with Gasteiger partial charge >= 0.3 is 0 Å². The average Bonchev–Trinajstić information content (AvgIpc) is 3.33. The van der Waals surface area contributed by atoms with Crippen LogP contribution in [0.25, 0.3) is 22.3 Å². The molecule has 8 heteroatoms. The molecule has 1 amide bonds. The minimum atomic E-state index is 0.138. The summed E-state index contributed by atoms with van der Waals surface area (Å²) in [6.45, 7) is 9.20. The number of hydrogen-bond acceptors (Lipinski definition) is 6. The number of anilines is 3. The third-order valence-electron chi connectivity index (χ3n) is 6.87. The molecule has 1 fully saturated rings. The highest BCUT2D eigenvalue weighted by Gasteiger charge is 2.19. The third kappa shape index (κ3) is 4.69. The van der Waals surface area contributed by atoms with Crippen LogP contribution < -0.4 is 10.2 Å². The summed E-state index contributed by atoms with van der Waals surface area (Å²) in [5, 5.41) is 3.36. The molecule has 5 rings (SSSR count). The van der Waals surface area contributed by atoms with Crippen molar-refractivity contribution in [1.82, 2.24) is 24.8 Å². The molecule has 1 aromatic carbocycles. The predicted molar refractivity (Wildman–Crippen MR) is 140 cm³/mol. The Balaban J connectivity index is 1.36. The number of aromatic nitrogens is 4. The van der Waals surface area contributed by atoms with Gasteiger partial charge in [-0.05, 0) is 48.2 Å². The van der Waals surface area contributed by atoms with E-state index >= 15 is 0 Å². The van der Waals surface area contributed by atoms with Crippen LogP contribution in [0.1, 0.15) is 38.7 Å². The van der Waals surface area contributed by atoms with E-state index in [0.29, 0.717) is 11.9 Å². The summed E-state index contributed by atoms with van der Waals surface area (Å²) in [5.74, 6) is 1.12. The van der Waals surface area contributed by atoms with Gasteiger partial charge in [0.15, 0.2) is 0 Å². The van der Waals surface area contributed by atoms with Gasteiger partial charge in [-0.15, -0.1) is 0 Å². The van der Waals surface area contributed by atoms with E-state index in [9.17, 15) is 4.79 Å². The number of carbonyl (C=O) groups is 1. The molecule has 0 spiro atoms. The van der Waals surface area contributed by atoms with Crippen molar-refractivity contribution in [2.24, 2.45) is 0 Å². The number of rotatable bonds is 6. The minimum absolute atomic E-state index is 0.138. The monoisotopic (exact) mass is 469 g/mol. The van der Waals surface area contributed by atoms with Gasteiger partial charge in [-0.25, -0.2) is 9.97 Å². The fourth-order valence-electron chi connectivity index (χ4n) is 4.63. The van der Waals surface area contributed by atoms with Crippen molar-refractivity contribution in [1.29, 1.82) is 0 Å². The van der Waals surface area contributed by atoms with Gasteiger partial charge in [0.1, 0.15) is 0 Å². The lowest BCUT2D eigenvalue weighted by molar-refractivity contribution is -0.129. The number of piperazine rings is 1. The first kappa shape index (κ1) is 22.8. The zero-order valence-electron chi connectivity index (χ0n) is 20.5. The molecule has 0 bridgehead atoms. The largest absolute Gasteiger partial charge is 0.368 e. The van der Waals surface area contributed by atoms with E-state index in [1.807, 2.05) is 35.5 Å². The van der Waals surface area contributed by atoms with Crippen LogP contribution in [0.5, 0.6) is 0 Å². The molecule has 4 heterocycles. The van der Waals surface area contributed by atoms with Gasteiger partial charge in [-0.3, -0.25) is 9.78 Å². The molecule has 35 heavy (non-hydrogen) atoms. The molecular formula is C27H31N7O. The van der Waals surface area contributed by atoms with Crippen molar-refractivity contribution in [3.63, 3.8) is 0 Å². The Labute approximate surface area is 205 Å². The summed E-state index contributed by atoms with van der Waals surface area (Å²) >= 11 is 0. The number of H-pyrrole nitrogens is 1. The molecule has 1 aliphatic heterocycles. The van der Waals surface area contributed by atoms with Gasteiger partial charge in [-0.2, -0.15) is 0 Å². The summed E-state index contributed by atoms with van der Waals surface area (Å²) in [5.41, 5.74) is 7.10. The Bertz CT molecular complexity index is 1340. The first-order valence-electron chi connectivity index (χ1n) is 12.2. The number of nitrogens with one attached hydrogen (secondary N) is 2. The van der Waals surface area contributed by atoms with Gasteiger partial charge in [-0.1, -0.05) is 19.9 Å². The molecule has 0 aliphatic carbocycles. The Morgan fingerprint density at radius 2 is 1.91 bits per heavy atom. The molecule has 1 saturated heterocycles. The molecule has 3 aromatic heterocycles. The maximum atomic E-state index is 11.6. The fourth-order valence-corrected chi connectivity index (χ4v) is 4.63. The van der Waals surface area contributed by atoms with Crippen LogP contribution in [0.15, 0.2) is 55.0 Å². The van der Waals surface area contributed by atoms with Gasteiger partial charge in [0.2, 0.25) is 11.9 Å². The number of nitrogens with zero attached hydrogens (tertiary/aromatic N) is 5. The van der Waals surface area contributed by atoms with Crippen molar-refractivity contribution in [2.75, 3.05) is 36.4 Å². The van der Waals surface area contributed by atoms with Crippen LogP contribution in [-0.2, 0) is 4.79 Å². The Morgan fingerprint density at radius 1 is 1.11 bits per heavy atom. The molecule has 4 aromatic rings. The average molecular weight is 470 g/mol. The minimum Gasteiger partial charge on any atom is -0.368 e. The first-order valence-corrected chi connectivity index (χ1v) is 12.2. The van der Waals surface area contributed by atoms with Crippen LogP contribution in [0, 0.1) is 0 Å². The molecule has 8 nitrogen and oxygen atoms in total. The van der Waals surface area contributed by atoms with Crippen LogP contribution in [0.2, 0.25) is 0 Å². The number of aromatic amines is 1. The van der Waals surface area contributed by atoms with E-state index in [0.717, 1.165) is 66.3 Å². The lowest BCUT2D eigenvalue weighted by Gasteiger charge is -2.35. The smallest absolute Gasteiger partial charge is 0.227 e. The third-order valence-corrected chi connectivity index (χ3v) is 6.87. The number of pyridine rings is 1. The molecule has 0 saturated carbocycles. The van der Waals surface area contributed by atoms with E-state index in [2.05, 4.69) is 57.2 Å². The SMILES string of the molecule is CCC(C)c1ccnc2c(-c3ccnc(Nc4cccc(N5CCN(C(C)=O)CC5)c4)n3)c[nH]c12. The van der Waals surface area contributed by atoms with Crippen molar-refractivity contribution >= 4 is 34.3 Å². The summed E-state index contributed by atoms with van der Waals surface area (Å²) in [6, 6.07) is 12.2. The normalized spacial score (nSPS) is 14.8. The Hall–Kier alpha value is -3.94. The van der Waals surface area contributed by atoms with E-state index < -0.39 is 0 Å². The second kappa shape index (κ2) is 9.74. The lowest BCUT2D eigenvalue weighted by Crippen LogP contribution is -2.48. The van der Waals surface area contributed by atoms with Gasteiger partial charge in [0.05, 0.1) is 16.7 Å². The maximum absolute atomic E-state index is 11.6. The molecule has 1 unspecified atom stereocenters. The number of hydrogen-bond donors (Lipinski definition) is 2. The van der Waals surface area contributed by atoms with Gasteiger partial charge < -0.3 is 20.1 Å². The second-order valence-electron chi connectivity index (χ2n) is 9.07.